The van der Waals surface area contributed by atoms with Crippen LogP contribution < -0.4 is 4.74 Å². The quantitative estimate of drug-likeness (QED) is 0.780. The summed E-state index contributed by atoms with van der Waals surface area (Å²) < 4.78 is 5.59. The number of carboxylic acid groups (broad SMARTS) is 1. The van der Waals surface area contributed by atoms with Gasteiger partial charge < -0.3 is 9.84 Å². The standard InChI is InChI=1S/C16H19NO3S/c1-11(2)16-17-14(10-21-16)12-5-3-6-13(9-12)20-8-4-7-15(18)19/h3,5-6,9-11H,4,7-8H2,1-2H3,(H,18,19). The predicted octanol–water partition coefficient (Wildman–Crippen LogP) is 4.18. The van der Waals surface area contributed by atoms with Crippen LogP contribution in [0.25, 0.3) is 11.3 Å². The first-order valence-electron chi connectivity index (χ1n) is 6.96. The second kappa shape index (κ2) is 7.22. The monoisotopic (exact) mass is 305 g/mol. The summed E-state index contributed by atoms with van der Waals surface area (Å²) in [7, 11) is 0. The predicted molar refractivity (Wildman–Crippen MR) is 84.0 cm³/mol. The van der Waals surface area contributed by atoms with Gasteiger partial charge in [0, 0.05) is 23.3 Å². The zero-order valence-corrected chi connectivity index (χ0v) is 13.0. The molecule has 0 radical (unpaired) electrons. The van der Waals surface area contributed by atoms with Crippen LogP contribution in [0.15, 0.2) is 29.6 Å². The molecule has 0 unspecified atom stereocenters. The minimum atomic E-state index is -0.795. The fourth-order valence-corrected chi connectivity index (χ4v) is 2.69. The lowest BCUT2D eigenvalue weighted by atomic mass is 10.1. The Kier molecular flexibility index (Phi) is 5.33. The third-order valence-corrected chi connectivity index (χ3v) is 4.09. The van der Waals surface area contributed by atoms with Gasteiger partial charge in [0.1, 0.15) is 5.75 Å². The highest BCUT2D eigenvalue weighted by molar-refractivity contribution is 7.10. The van der Waals surface area contributed by atoms with E-state index in [4.69, 9.17) is 9.84 Å². The van der Waals surface area contributed by atoms with Crippen molar-refractivity contribution >= 4 is 17.3 Å². The first-order chi connectivity index (χ1) is 10.1. The lowest BCUT2D eigenvalue weighted by Gasteiger charge is -2.06. The van der Waals surface area contributed by atoms with Gasteiger partial charge in [0.05, 0.1) is 17.3 Å². The minimum Gasteiger partial charge on any atom is -0.494 e. The van der Waals surface area contributed by atoms with E-state index >= 15 is 0 Å². The van der Waals surface area contributed by atoms with Crippen LogP contribution in [0.3, 0.4) is 0 Å². The fourth-order valence-electron chi connectivity index (χ4n) is 1.84. The van der Waals surface area contributed by atoms with Crippen LogP contribution in [0.5, 0.6) is 5.75 Å². The number of benzene rings is 1. The molecule has 0 atom stereocenters. The number of carbonyl (C=O) groups is 1. The Bertz CT molecular complexity index is 607. The van der Waals surface area contributed by atoms with Crippen molar-refractivity contribution in [2.24, 2.45) is 0 Å². The minimum absolute atomic E-state index is 0.128. The fraction of sp³-hybridized carbons (Fsp3) is 0.375. The van der Waals surface area contributed by atoms with Crippen molar-refractivity contribution in [1.29, 1.82) is 0 Å². The van der Waals surface area contributed by atoms with Gasteiger partial charge in [-0.25, -0.2) is 4.98 Å². The molecular weight excluding hydrogens is 286 g/mol. The molecule has 2 aromatic rings. The van der Waals surface area contributed by atoms with Crippen molar-refractivity contribution in [3.8, 4) is 17.0 Å². The van der Waals surface area contributed by atoms with Crippen LogP contribution in [-0.2, 0) is 4.79 Å². The Hall–Kier alpha value is -1.88. The zero-order valence-electron chi connectivity index (χ0n) is 12.2. The molecule has 0 spiro atoms. The van der Waals surface area contributed by atoms with Gasteiger partial charge in [0.2, 0.25) is 0 Å². The Morgan fingerprint density at radius 2 is 2.24 bits per heavy atom. The number of aromatic nitrogens is 1. The molecule has 1 aromatic carbocycles. The van der Waals surface area contributed by atoms with Gasteiger partial charge in [-0.1, -0.05) is 26.0 Å². The summed E-state index contributed by atoms with van der Waals surface area (Å²) in [6.45, 7) is 4.67. The topological polar surface area (TPSA) is 59.4 Å². The van der Waals surface area contributed by atoms with Crippen molar-refractivity contribution in [2.45, 2.75) is 32.6 Å². The third-order valence-electron chi connectivity index (χ3n) is 2.95. The summed E-state index contributed by atoms with van der Waals surface area (Å²) in [5, 5.41) is 11.8. The second-order valence-electron chi connectivity index (χ2n) is 5.10. The Balaban J connectivity index is 2.01. The maximum atomic E-state index is 10.4. The molecule has 112 valence electrons. The molecule has 0 bridgehead atoms. The van der Waals surface area contributed by atoms with E-state index in [1.54, 1.807) is 11.3 Å². The average Bonchev–Trinajstić information content (AvgIpc) is 2.94. The van der Waals surface area contributed by atoms with E-state index < -0.39 is 5.97 Å². The first kappa shape index (κ1) is 15.5. The van der Waals surface area contributed by atoms with Crippen LogP contribution in [0, 0.1) is 0 Å². The number of aliphatic carboxylic acids is 1. The molecule has 0 saturated heterocycles. The van der Waals surface area contributed by atoms with E-state index in [0.717, 1.165) is 22.0 Å². The lowest BCUT2D eigenvalue weighted by Crippen LogP contribution is -2.02. The van der Waals surface area contributed by atoms with E-state index in [1.807, 2.05) is 24.3 Å². The molecule has 0 fully saturated rings. The van der Waals surface area contributed by atoms with Crippen molar-refractivity contribution in [3.63, 3.8) is 0 Å². The number of hydrogen-bond acceptors (Lipinski definition) is 4. The van der Waals surface area contributed by atoms with E-state index in [2.05, 4.69) is 24.2 Å². The molecule has 0 aliphatic rings. The normalized spacial score (nSPS) is 10.8. The van der Waals surface area contributed by atoms with Crippen molar-refractivity contribution in [2.75, 3.05) is 6.61 Å². The van der Waals surface area contributed by atoms with E-state index in [-0.39, 0.29) is 6.42 Å². The highest BCUT2D eigenvalue weighted by Crippen LogP contribution is 2.28. The summed E-state index contributed by atoms with van der Waals surface area (Å²) in [5.41, 5.74) is 1.98. The summed E-state index contributed by atoms with van der Waals surface area (Å²) in [5.74, 6) is 0.382. The van der Waals surface area contributed by atoms with Crippen LogP contribution in [0.4, 0.5) is 0 Å². The number of ether oxygens (including phenoxy) is 1. The van der Waals surface area contributed by atoms with E-state index in [0.29, 0.717) is 18.9 Å². The summed E-state index contributed by atoms with van der Waals surface area (Å²) in [6, 6.07) is 7.75. The smallest absolute Gasteiger partial charge is 0.303 e. The van der Waals surface area contributed by atoms with Crippen LogP contribution >= 0.6 is 11.3 Å². The van der Waals surface area contributed by atoms with E-state index in [1.165, 1.54) is 0 Å². The van der Waals surface area contributed by atoms with Gasteiger partial charge in [-0.3, -0.25) is 4.79 Å². The van der Waals surface area contributed by atoms with Crippen molar-refractivity contribution in [3.05, 3.63) is 34.7 Å². The molecule has 0 amide bonds. The number of carboxylic acids is 1. The van der Waals surface area contributed by atoms with Crippen LogP contribution in [0.1, 0.15) is 37.6 Å². The van der Waals surface area contributed by atoms with Gasteiger partial charge >= 0.3 is 5.97 Å². The molecule has 0 aliphatic heterocycles. The highest BCUT2D eigenvalue weighted by atomic mass is 32.1. The average molecular weight is 305 g/mol. The third kappa shape index (κ3) is 4.56. The highest BCUT2D eigenvalue weighted by Gasteiger charge is 2.08. The zero-order chi connectivity index (χ0) is 15.2. The molecule has 1 heterocycles. The second-order valence-corrected chi connectivity index (χ2v) is 5.99. The molecule has 4 nitrogen and oxygen atoms in total. The summed E-state index contributed by atoms with van der Waals surface area (Å²) in [6.07, 6.45) is 0.636. The van der Waals surface area contributed by atoms with Crippen LogP contribution in [0.2, 0.25) is 0 Å². The molecule has 5 heteroatoms. The number of nitrogens with zero attached hydrogens (tertiary/aromatic N) is 1. The molecule has 21 heavy (non-hydrogen) atoms. The Labute approximate surface area is 128 Å². The summed E-state index contributed by atoms with van der Waals surface area (Å²) >= 11 is 1.67. The van der Waals surface area contributed by atoms with Gasteiger partial charge in [0.15, 0.2) is 0 Å². The maximum absolute atomic E-state index is 10.4. The first-order valence-corrected chi connectivity index (χ1v) is 7.84. The largest absolute Gasteiger partial charge is 0.494 e. The summed E-state index contributed by atoms with van der Waals surface area (Å²) in [4.78, 5) is 15.1. The van der Waals surface area contributed by atoms with E-state index in [9.17, 15) is 4.79 Å². The number of hydrogen-bond donors (Lipinski definition) is 1. The van der Waals surface area contributed by atoms with Gasteiger partial charge in [-0.05, 0) is 18.6 Å². The number of rotatable bonds is 7. The molecule has 1 N–H and O–H groups in total. The van der Waals surface area contributed by atoms with Crippen molar-refractivity contribution in [1.82, 2.24) is 4.98 Å². The van der Waals surface area contributed by atoms with Crippen molar-refractivity contribution < 1.29 is 14.6 Å². The maximum Gasteiger partial charge on any atom is 0.303 e. The van der Waals surface area contributed by atoms with Gasteiger partial charge in [-0.15, -0.1) is 11.3 Å². The molecule has 2 rings (SSSR count). The van der Waals surface area contributed by atoms with Crippen LogP contribution in [-0.4, -0.2) is 22.7 Å². The molecule has 1 aromatic heterocycles. The number of thiazole rings is 1. The molecule has 0 saturated carbocycles. The molecular formula is C16H19NO3S. The van der Waals surface area contributed by atoms with Gasteiger partial charge in [0.25, 0.3) is 0 Å². The molecule has 0 aliphatic carbocycles. The Morgan fingerprint density at radius 1 is 1.43 bits per heavy atom. The Morgan fingerprint density at radius 3 is 2.90 bits per heavy atom. The SMILES string of the molecule is CC(C)c1nc(-c2cccc(OCCCC(=O)O)c2)cs1. The lowest BCUT2D eigenvalue weighted by molar-refractivity contribution is -0.137. The van der Waals surface area contributed by atoms with Gasteiger partial charge in [-0.2, -0.15) is 0 Å².